The number of aliphatic hydroxyl groups is 1. The second kappa shape index (κ2) is 8.02. The maximum Gasteiger partial charge on any atom is 0.416 e. The molecule has 0 amide bonds. The Morgan fingerprint density at radius 3 is 2.59 bits per heavy atom. The van der Waals surface area contributed by atoms with Crippen molar-refractivity contribution >= 4 is 42.8 Å². The standard InChI is InChI=1S/C22H20BrF3N2O3S/c1-32(2,31)18-11-13(23)6-7-15(18)20-19-16(8-9-17(19)29)28(21(30)27-20)14-5-3-4-12(10-14)22(24,25)26/h3-7,10-11,20-21,27,30H,1,8-9H2,2H3. The topological polar surface area (TPSA) is 69.6 Å². The molecule has 2 N–H and O–H groups in total. The molecule has 5 nitrogen and oxygen atoms in total. The highest BCUT2D eigenvalue weighted by Gasteiger charge is 2.42. The van der Waals surface area contributed by atoms with Gasteiger partial charge in [0.25, 0.3) is 0 Å². The average molecular weight is 529 g/mol. The predicted octanol–water partition coefficient (Wildman–Crippen LogP) is 4.22. The van der Waals surface area contributed by atoms with E-state index in [1.807, 2.05) is 0 Å². The largest absolute Gasteiger partial charge is 0.416 e. The number of hydrogen-bond donors (Lipinski definition) is 2. The summed E-state index contributed by atoms with van der Waals surface area (Å²) in [5.41, 5.74) is 0.592. The number of carbonyl (C=O) groups is 1. The molecule has 3 atom stereocenters. The number of nitrogens with zero attached hydrogens (tertiary/aromatic N) is 1. The minimum absolute atomic E-state index is 0.118. The Labute approximate surface area is 192 Å². The van der Waals surface area contributed by atoms with Crippen LogP contribution in [-0.4, -0.2) is 33.6 Å². The molecule has 2 aromatic rings. The van der Waals surface area contributed by atoms with Crippen LogP contribution in [0.5, 0.6) is 0 Å². The lowest BCUT2D eigenvalue weighted by atomic mass is 9.94. The molecule has 1 heterocycles. The fraction of sp³-hybridized carbons (Fsp3) is 0.273. The second-order valence-electron chi connectivity index (χ2n) is 7.86. The Morgan fingerprint density at radius 1 is 1.22 bits per heavy atom. The molecule has 4 rings (SSSR count). The van der Waals surface area contributed by atoms with Crippen LogP contribution < -0.4 is 10.2 Å². The highest BCUT2D eigenvalue weighted by molar-refractivity contribution is 9.10. The Kier molecular flexibility index (Phi) is 5.77. The van der Waals surface area contributed by atoms with E-state index < -0.39 is 33.7 Å². The zero-order chi connectivity index (χ0) is 23.4. The van der Waals surface area contributed by atoms with Crippen LogP contribution in [0, 0.1) is 0 Å². The number of alkyl halides is 3. The van der Waals surface area contributed by atoms with Gasteiger partial charge >= 0.3 is 6.18 Å². The van der Waals surface area contributed by atoms with Gasteiger partial charge in [0, 0.05) is 39.0 Å². The summed E-state index contributed by atoms with van der Waals surface area (Å²) in [6.07, 6.45) is -4.02. The first-order chi connectivity index (χ1) is 14.9. The van der Waals surface area contributed by atoms with Crippen molar-refractivity contribution in [2.75, 3.05) is 11.2 Å². The van der Waals surface area contributed by atoms with Gasteiger partial charge in [0.2, 0.25) is 0 Å². The lowest BCUT2D eigenvalue weighted by Gasteiger charge is -2.40. The van der Waals surface area contributed by atoms with Gasteiger partial charge in [0.1, 0.15) is 0 Å². The summed E-state index contributed by atoms with van der Waals surface area (Å²) in [6.45, 7) is 0. The van der Waals surface area contributed by atoms with Crippen molar-refractivity contribution in [2.24, 2.45) is 0 Å². The van der Waals surface area contributed by atoms with Crippen LogP contribution in [0.3, 0.4) is 0 Å². The summed E-state index contributed by atoms with van der Waals surface area (Å²) in [6, 6.07) is 8.93. The van der Waals surface area contributed by atoms with Crippen LogP contribution in [0.4, 0.5) is 18.9 Å². The number of allylic oxidation sites excluding steroid dienone is 1. The van der Waals surface area contributed by atoms with Crippen molar-refractivity contribution in [1.82, 2.24) is 5.32 Å². The molecular formula is C22H20BrF3N2O3S. The lowest BCUT2D eigenvalue weighted by Crippen LogP contribution is -2.51. The predicted molar refractivity (Wildman–Crippen MR) is 121 cm³/mol. The number of hydrogen-bond acceptors (Lipinski definition) is 5. The lowest BCUT2D eigenvalue weighted by molar-refractivity contribution is -0.137. The van der Waals surface area contributed by atoms with Gasteiger partial charge in [0.15, 0.2) is 12.1 Å². The molecular weight excluding hydrogens is 509 g/mol. The molecule has 0 spiro atoms. The third-order valence-electron chi connectivity index (χ3n) is 5.54. The van der Waals surface area contributed by atoms with Gasteiger partial charge in [-0.2, -0.15) is 13.2 Å². The van der Waals surface area contributed by atoms with E-state index in [1.165, 1.54) is 23.3 Å². The van der Waals surface area contributed by atoms with Crippen LogP contribution in [0.25, 0.3) is 0 Å². The van der Waals surface area contributed by atoms with Crippen molar-refractivity contribution in [3.63, 3.8) is 0 Å². The maximum absolute atomic E-state index is 13.2. The molecule has 0 fully saturated rings. The molecule has 0 aromatic heterocycles. The Hall–Kier alpha value is -2.14. The van der Waals surface area contributed by atoms with Gasteiger partial charge in [-0.05, 0) is 57.7 Å². The van der Waals surface area contributed by atoms with Crippen molar-refractivity contribution in [2.45, 2.75) is 36.3 Å². The number of nitrogens with one attached hydrogen (secondary N) is 1. The second-order valence-corrected chi connectivity index (χ2v) is 11.2. The summed E-state index contributed by atoms with van der Waals surface area (Å²) in [5, 5.41) is 13.8. The quantitative estimate of drug-likeness (QED) is 0.584. The molecule has 170 valence electrons. The van der Waals surface area contributed by atoms with Gasteiger partial charge in [-0.15, -0.1) is 0 Å². The Balaban J connectivity index is 1.87. The van der Waals surface area contributed by atoms with Gasteiger partial charge in [-0.1, -0.05) is 28.1 Å². The monoisotopic (exact) mass is 528 g/mol. The van der Waals surface area contributed by atoms with Crippen LogP contribution in [0.2, 0.25) is 0 Å². The van der Waals surface area contributed by atoms with E-state index >= 15 is 0 Å². The van der Waals surface area contributed by atoms with E-state index in [2.05, 4.69) is 27.1 Å². The van der Waals surface area contributed by atoms with Crippen molar-refractivity contribution in [1.29, 1.82) is 0 Å². The molecule has 0 saturated carbocycles. The van der Waals surface area contributed by atoms with Crippen molar-refractivity contribution < 1.29 is 27.3 Å². The number of ketones is 1. The summed E-state index contributed by atoms with van der Waals surface area (Å²) in [7, 11) is -2.68. The third kappa shape index (κ3) is 4.12. The molecule has 10 heteroatoms. The first-order valence-corrected chi connectivity index (χ1v) is 12.6. The maximum atomic E-state index is 13.2. The third-order valence-corrected chi connectivity index (χ3v) is 7.32. The molecule has 2 aliphatic rings. The van der Waals surface area contributed by atoms with Crippen molar-refractivity contribution in [3.8, 4) is 0 Å². The van der Waals surface area contributed by atoms with Crippen LogP contribution >= 0.6 is 15.9 Å². The Morgan fingerprint density at radius 2 is 1.94 bits per heavy atom. The first kappa shape index (κ1) is 23.0. The van der Waals surface area contributed by atoms with Gasteiger partial charge < -0.3 is 10.0 Å². The van der Waals surface area contributed by atoms with Gasteiger partial charge in [0.05, 0.1) is 11.6 Å². The summed E-state index contributed by atoms with van der Waals surface area (Å²) in [4.78, 5) is 14.6. The number of halogens is 4. The van der Waals surface area contributed by atoms with Crippen LogP contribution in [0.1, 0.15) is 30.0 Å². The number of aliphatic hydroxyl groups excluding tert-OH is 1. The van der Waals surface area contributed by atoms with E-state index in [0.29, 0.717) is 26.2 Å². The van der Waals surface area contributed by atoms with Gasteiger partial charge in [-0.3, -0.25) is 14.3 Å². The summed E-state index contributed by atoms with van der Waals surface area (Å²) in [5.74, 6) is 3.58. The highest BCUT2D eigenvalue weighted by atomic mass is 79.9. The Bertz CT molecular complexity index is 1240. The fourth-order valence-electron chi connectivity index (χ4n) is 4.19. The zero-order valence-electron chi connectivity index (χ0n) is 16.9. The molecule has 1 aliphatic heterocycles. The first-order valence-electron chi connectivity index (χ1n) is 9.66. The fourth-order valence-corrected chi connectivity index (χ4v) is 5.76. The molecule has 0 radical (unpaired) electrons. The van der Waals surface area contributed by atoms with Crippen molar-refractivity contribution in [3.05, 3.63) is 69.3 Å². The molecule has 0 saturated heterocycles. The van der Waals surface area contributed by atoms with E-state index in [1.54, 1.807) is 18.2 Å². The summed E-state index contributed by atoms with van der Waals surface area (Å²) < 4.78 is 53.2. The van der Waals surface area contributed by atoms with E-state index in [4.69, 9.17) is 0 Å². The number of benzene rings is 2. The normalized spacial score (nSPS) is 23.3. The van der Waals surface area contributed by atoms with E-state index in [0.717, 1.165) is 12.1 Å². The summed E-state index contributed by atoms with van der Waals surface area (Å²) >= 11 is 3.35. The minimum Gasteiger partial charge on any atom is -0.361 e. The number of Topliss-reactive ketones (excluding diaryl/α,β-unsaturated/α-hetero) is 1. The zero-order valence-corrected chi connectivity index (χ0v) is 19.4. The number of carbonyl (C=O) groups excluding carboxylic acids is 1. The van der Waals surface area contributed by atoms with E-state index in [9.17, 15) is 27.3 Å². The van der Waals surface area contributed by atoms with Crippen LogP contribution in [-0.2, 0) is 20.5 Å². The average Bonchev–Trinajstić information content (AvgIpc) is 3.07. The molecule has 1 aliphatic carbocycles. The number of anilines is 1. The number of rotatable bonds is 3. The van der Waals surface area contributed by atoms with Crippen LogP contribution in [0.15, 0.2) is 63.1 Å². The van der Waals surface area contributed by atoms with E-state index in [-0.39, 0.29) is 24.3 Å². The SMILES string of the molecule is C=S(C)(=O)c1cc(Br)ccc1C1NC(O)N(c2cccc(C(F)(F)F)c2)C2=C1C(=O)CC2. The minimum atomic E-state index is -4.54. The molecule has 3 unspecified atom stereocenters. The van der Waals surface area contributed by atoms with Gasteiger partial charge in [-0.25, -0.2) is 0 Å². The smallest absolute Gasteiger partial charge is 0.361 e. The molecule has 32 heavy (non-hydrogen) atoms. The molecule has 2 aromatic carbocycles. The molecule has 0 bridgehead atoms. The highest BCUT2D eigenvalue weighted by Crippen LogP contribution is 2.43.